The molecule has 0 aliphatic heterocycles. The lowest BCUT2D eigenvalue weighted by Crippen LogP contribution is -2.30. The second-order valence-corrected chi connectivity index (χ2v) is 6.16. The van der Waals surface area contributed by atoms with E-state index in [0.717, 1.165) is 17.8 Å². The Hall–Kier alpha value is -2.84. The van der Waals surface area contributed by atoms with Gasteiger partial charge < -0.3 is 10.1 Å². The molecule has 2 rings (SSSR count). The average Bonchev–Trinajstić information content (AvgIpc) is 2.80. The zero-order chi connectivity index (χ0) is 20.4. The number of carbonyl (C=O) groups excluding carboxylic acids is 2. The van der Waals surface area contributed by atoms with Crippen LogP contribution in [0.4, 0.5) is 18.9 Å². The van der Waals surface area contributed by atoms with Gasteiger partial charge in [0.2, 0.25) is 0 Å². The van der Waals surface area contributed by atoms with Crippen LogP contribution in [0.15, 0.2) is 24.3 Å². The summed E-state index contributed by atoms with van der Waals surface area (Å²) in [6.45, 7) is 4.95. The number of nitrogens with zero attached hydrogens (tertiary/aromatic N) is 2. The molecule has 27 heavy (non-hydrogen) atoms. The number of amides is 1. The van der Waals surface area contributed by atoms with Crippen molar-refractivity contribution in [2.75, 3.05) is 5.32 Å². The van der Waals surface area contributed by atoms with Crippen molar-refractivity contribution in [3.63, 3.8) is 0 Å². The minimum atomic E-state index is -4.44. The van der Waals surface area contributed by atoms with Crippen molar-refractivity contribution in [3.05, 3.63) is 46.8 Å². The molecular weight excluding hydrogens is 363 g/mol. The Labute approximate surface area is 154 Å². The fraction of sp³-hybridized carbons (Fsp3) is 0.389. The lowest BCUT2D eigenvalue weighted by molar-refractivity contribution is -0.152. The quantitative estimate of drug-likeness (QED) is 0.805. The van der Waals surface area contributed by atoms with E-state index in [1.165, 1.54) is 19.1 Å². The maximum Gasteiger partial charge on any atom is 0.416 e. The maximum absolute atomic E-state index is 12.5. The van der Waals surface area contributed by atoms with E-state index in [-0.39, 0.29) is 6.42 Å². The minimum absolute atomic E-state index is 0.235. The van der Waals surface area contributed by atoms with Crippen LogP contribution in [0.2, 0.25) is 0 Å². The third kappa shape index (κ3) is 5.08. The van der Waals surface area contributed by atoms with Gasteiger partial charge in [-0.05, 0) is 38.5 Å². The van der Waals surface area contributed by atoms with Gasteiger partial charge in [-0.2, -0.15) is 18.3 Å². The van der Waals surface area contributed by atoms with Crippen LogP contribution in [0, 0.1) is 13.8 Å². The Balaban J connectivity index is 1.93. The van der Waals surface area contributed by atoms with Crippen LogP contribution in [0.3, 0.4) is 0 Å². The number of hydrogen-bond acceptors (Lipinski definition) is 4. The summed E-state index contributed by atoms with van der Waals surface area (Å²) < 4.78 is 44.3. The van der Waals surface area contributed by atoms with Gasteiger partial charge in [-0.25, -0.2) is 0 Å². The van der Waals surface area contributed by atoms with E-state index in [2.05, 4.69) is 10.4 Å². The predicted molar refractivity (Wildman–Crippen MR) is 92.0 cm³/mol. The number of esters is 1. The summed E-state index contributed by atoms with van der Waals surface area (Å²) in [5.74, 6) is -1.23. The van der Waals surface area contributed by atoms with Crippen molar-refractivity contribution in [3.8, 4) is 0 Å². The molecule has 0 bridgehead atoms. The van der Waals surface area contributed by atoms with Crippen LogP contribution in [0.25, 0.3) is 0 Å². The average molecular weight is 383 g/mol. The number of ether oxygens (including phenoxy) is 1. The van der Waals surface area contributed by atoms with E-state index in [9.17, 15) is 22.8 Å². The first-order valence-electron chi connectivity index (χ1n) is 8.15. The predicted octanol–water partition coefficient (Wildman–Crippen LogP) is 3.17. The molecule has 1 amide bonds. The van der Waals surface area contributed by atoms with E-state index in [0.29, 0.717) is 16.9 Å². The van der Waals surface area contributed by atoms with Crippen molar-refractivity contribution < 1.29 is 27.5 Å². The molecule has 1 aromatic heterocycles. The summed E-state index contributed by atoms with van der Waals surface area (Å²) in [6, 6.07) is 4.20. The first-order valence-corrected chi connectivity index (χ1v) is 8.15. The van der Waals surface area contributed by atoms with Crippen molar-refractivity contribution in [2.24, 2.45) is 7.05 Å². The number of rotatable bonds is 5. The number of carbonyl (C=O) groups is 2. The number of aryl methyl sites for hydroxylation is 2. The maximum atomic E-state index is 12.5. The van der Waals surface area contributed by atoms with Crippen molar-refractivity contribution in [1.29, 1.82) is 0 Å². The molecule has 6 nitrogen and oxygen atoms in total. The number of anilines is 1. The summed E-state index contributed by atoms with van der Waals surface area (Å²) in [7, 11) is 1.74. The van der Waals surface area contributed by atoms with Crippen molar-refractivity contribution >= 4 is 17.6 Å². The highest BCUT2D eigenvalue weighted by Crippen LogP contribution is 2.29. The Bertz CT molecular complexity index is 842. The Morgan fingerprint density at radius 3 is 2.30 bits per heavy atom. The lowest BCUT2D eigenvalue weighted by Gasteiger charge is -2.14. The summed E-state index contributed by atoms with van der Waals surface area (Å²) >= 11 is 0. The molecule has 2 aromatic rings. The molecule has 0 saturated heterocycles. The standard InChI is InChI=1S/C18H20F3N3O3/c1-10-16(11(2)24(4)23-10)22-17(26)12(3)27-15(25)9-13-5-7-14(8-6-13)18(19,20)21/h5-8,12H,9H2,1-4H3,(H,22,26). The molecule has 0 aliphatic rings. The highest BCUT2D eigenvalue weighted by Gasteiger charge is 2.30. The van der Waals surface area contributed by atoms with E-state index in [4.69, 9.17) is 4.74 Å². The van der Waals surface area contributed by atoms with Gasteiger partial charge in [0.25, 0.3) is 5.91 Å². The first kappa shape index (κ1) is 20.5. The summed E-state index contributed by atoms with van der Waals surface area (Å²) in [4.78, 5) is 24.2. The Kier molecular flexibility index (Phi) is 5.92. The number of aromatic nitrogens is 2. The van der Waals surface area contributed by atoms with Gasteiger partial charge in [0, 0.05) is 7.05 Å². The normalized spacial score (nSPS) is 12.6. The smallest absolute Gasteiger partial charge is 0.416 e. The van der Waals surface area contributed by atoms with E-state index in [1.54, 1.807) is 25.6 Å². The van der Waals surface area contributed by atoms with Crippen molar-refractivity contribution in [2.45, 2.75) is 39.5 Å². The highest BCUT2D eigenvalue weighted by molar-refractivity contribution is 5.96. The van der Waals surface area contributed by atoms with Gasteiger partial charge in [-0.15, -0.1) is 0 Å². The molecule has 0 saturated carbocycles. The lowest BCUT2D eigenvalue weighted by atomic mass is 10.1. The number of benzene rings is 1. The first-order chi connectivity index (χ1) is 12.5. The molecule has 0 spiro atoms. The van der Waals surface area contributed by atoms with E-state index < -0.39 is 29.7 Å². The zero-order valence-corrected chi connectivity index (χ0v) is 15.3. The Morgan fingerprint density at radius 2 is 1.81 bits per heavy atom. The fourth-order valence-electron chi connectivity index (χ4n) is 2.45. The fourth-order valence-corrected chi connectivity index (χ4v) is 2.45. The second-order valence-electron chi connectivity index (χ2n) is 6.16. The van der Waals surface area contributed by atoms with Crippen LogP contribution in [0.5, 0.6) is 0 Å². The molecule has 146 valence electrons. The highest BCUT2D eigenvalue weighted by atomic mass is 19.4. The summed E-state index contributed by atoms with van der Waals surface area (Å²) in [6.07, 6.45) is -5.74. The van der Waals surface area contributed by atoms with Gasteiger partial charge in [0.1, 0.15) is 0 Å². The topological polar surface area (TPSA) is 73.2 Å². The molecule has 1 atom stereocenters. The van der Waals surface area contributed by atoms with Gasteiger partial charge in [-0.3, -0.25) is 14.3 Å². The molecular formula is C18H20F3N3O3. The number of alkyl halides is 3. The van der Waals surface area contributed by atoms with Crippen LogP contribution in [-0.2, 0) is 34.0 Å². The van der Waals surface area contributed by atoms with Gasteiger partial charge in [-0.1, -0.05) is 12.1 Å². The van der Waals surface area contributed by atoms with Crippen LogP contribution >= 0.6 is 0 Å². The van der Waals surface area contributed by atoms with Gasteiger partial charge in [0.15, 0.2) is 6.10 Å². The monoisotopic (exact) mass is 383 g/mol. The zero-order valence-electron chi connectivity index (χ0n) is 15.3. The molecule has 1 aromatic carbocycles. The third-order valence-corrected chi connectivity index (χ3v) is 4.06. The van der Waals surface area contributed by atoms with Gasteiger partial charge >= 0.3 is 12.1 Å². The molecule has 1 heterocycles. The van der Waals surface area contributed by atoms with Gasteiger partial charge in [0.05, 0.1) is 29.1 Å². The molecule has 0 radical (unpaired) electrons. The van der Waals surface area contributed by atoms with Crippen LogP contribution in [-0.4, -0.2) is 27.8 Å². The Morgan fingerprint density at radius 1 is 1.22 bits per heavy atom. The van der Waals surface area contributed by atoms with E-state index >= 15 is 0 Å². The second kappa shape index (κ2) is 7.81. The minimum Gasteiger partial charge on any atom is -0.452 e. The molecule has 1 N–H and O–H groups in total. The summed E-state index contributed by atoms with van der Waals surface area (Å²) in [5, 5.41) is 6.85. The summed E-state index contributed by atoms with van der Waals surface area (Å²) in [5.41, 5.74) is 1.50. The number of halogens is 3. The molecule has 9 heteroatoms. The number of nitrogens with one attached hydrogen (secondary N) is 1. The van der Waals surface area contributed by atoms with Crippen LogP contribution in [0.1, 0.15) is 29.4 Å². The SMILES string of the molecule is Cc1nn(C)c(C)c1NC(=O)C(C)OC(=O)Cc1ccc(C(F)(F)F)cc1. The van der Waals surface area contributed by atoms with Crippen LogP contribution < -0.4 is 5.32 Å². The number of hydrogen-bond donors (Lipinski definition) is 1. The van der Waals surface area contributed by atoms with Crippen molar-refractivity contribution in [1.82, 2.24) is 9.78 Å². The molecule has 1 unspecified atom stereocenters. The van der Waals surface area contributed by atoms with E-state index in [1.807, 2.05) is 0 Å². The largest absolute Gasteiger partial charge is 0.452 e. The third-order valence-electron chi connectivity index (χ3n) is 4.06. The molecule has 0 fully saturated rings. The molecule has 0 aliphatic carbocycles.